The molecule has 0 saturated heterocycles. The van der Waals surface area contributed by atoms with E-state index in [4.69, 9.17) is 46.3 Å². The Morgan fingerprint density at radius 3 is 1.06 bits per heavy atom. The Morgan fingerprint density at radius 1 is 0.472 bits per heavy atom. The van der Waals surface area contributed by atoms with Crippen LogP contribution in [0.1, 0.15) is 65.5 Å². The normalized spacial score (nSPS) is 12.6. The van der Waals surface area contributed by atoms with E-state index < -0.39 is 31.1 Å². The Labute approximate surface area is 362 Å². The van der Waals surface area contributed by atoms with Crippen molar-refractivity contribution in [2.45, 2.75) is 65.2 Å². The van der Waals surface area contributed by atoms with Crippen molar-refractivity contribution in [2.24, 2.45) is 0 Å². The van der Waals surface area contributed by atoms with Crippen LogP contribution in [0.4, 0.5) is 0 Å². The molecule has 0 radical (unpaired) electrons. The van der Waals surface area contributed by atoms with Crippen LogP contribution in [0.25, 0.3) is 0 Å². The standard InChI is InChI=1S/C36H66O14S2.K.H/c1-7-41-16-18-45-24-26-47-22-20-43-14-10-28-51(37,38)49-31-35(3,4)33-12-9-13-34(30-33)36(5,6)32-50-52(39,40)29-11-15-44-21-23-48-27-25-46-19-17-42-8-2;;/h9,12-13,30H,7-8,10-11,14-29,31-32H2,1-6H3;;. The number of benzene rings is 1. The molecule has 0 aliphatic rings. The second-order valence-electron chi connectivity index (χ2n) is 13.2. The van der Waals surface area contributed by atoms with Crippen molar-refractivity contribution >= 4 is 71.6 Å². The monoisotopic (exact) mass is 826 g/mol. The van der Waals surface area contributed by atoms with Gasteiger partial charge in [0.1, 0.15) is 0 Å². The summed E-state index contributed by atoms with van der Waals surface area (Å²) in [5.74, 6) is -0.327. The minimum absolute atomic E-state index is 0. The maximum absolute atomic E-state index is 12.6. The van der Waals surface area contributed by atoms with Crippen molar-refractivity contribution in [3.63, 3.8) is 0 Å². The van der Waals surface area contributed by atoms with Crippen molar-refractivity contribution in [1.29, 1.82) is 0 Å². The molecule has 0 aromatic heterocycles. The first kappa shape index (κ1) is 53.4. The van der Waals surface area contributed by atoms with Gasteiger partial charge in [-0.1, -0.05) is 52.0 Å². The summed E-state index contributed by atoms with van der Waals surface area (Å²) >= 11 is 0. The van der Waals surface area contributed by atoms with Gasteiger partial charge in [-0.15, -0.1) is 0 Å². The van der Waals surface area contributed by atoms with Gasteiger partial charge in [0, 0.05) is 37.3 Å². The molecule has 0 bridgehead atoms. The summed E-state index contributed by atoms with van der Waals surface area (Å²) in [6, 6.07) is 7.61. The van der Waals surface area contributed by atoms with Crippen LogP contribution < -0.4 is 0 Å². The van der Waals surface area contributed by atoms with Gasteiger partial charge >= 0.3 is 51.4 Å². The second kappa shape index (κ2) is 31.4. The van der Waals surface area contributed by atoms with Gasteiger partial charge in [-0.2, -0.15) is 16.8 Å². The minimum atomic E-state index is -3.77. The molecule has 0 N–H and O–H groups in total. The molecule has 0 saturated carbocycles. The summed E-state index contributed by atoms with van der Waals surface area (Å²) in [7, 11) is -7.54. The van der Waals surface area contributed by atoms with Gasteiger partial charge in [0.15, 0.2) is 0 Å². The topological polar surface area (TPSA) is 161 Å². The molecule has 14 nitrogen and oxygen atoms in total. The van der Waals surface area contributed by atoms with Gasteiger partial charge in [0.25, 0.3) is 20.2 Å². The Balaban J connectivity index is 0.0000270. The van der Waals surface area contributed by atoms with Crippen LogP contribution >= 0.6 is 0 Å². The van der Waals surface area contributed by atoms with Crippen LogP contribution in [-0.2, 0) is 77.3 Å². The van der Waals surface area contributed by atoms with E-state index in [0.29, 0.717) is 105 Å². The Bertz CT molecular complexity index is 1160. The number of rotatable bonds is 36. The molecule has 17 heteroatoms. The third-order valence-corrected chi connectivity index (χ3v) is 10.2. The van der Waals surface area contributed by atoms with Crippen LogP contribution in [0.2, 0.25) is 0 Å². The van der Waals surface area contributed by atoms with Crippen molar-refractivity contribution in [2.75, 3.05) is 130 Å². The molecule has 0 spiro atoms. The van der Waals surface area contributed by atoms with E-state index in [1.165, 1.54) is 0 Å². The van der Waals surface area contributed by atoms with Gasteiger partial charge < -0.3 is 37.9 Å². The average molecular weight is 827 g/mol. The summed E-state index contributed by atoms with van der Waals surface area (Å²) in [5.41, 5.74) is 0.424. The zero-order chi connectivity index (χ0) is 38.6. The molecule has 0 heterocycles. The molecular weight excluding hydrogens is 760 g/mol. The number of hydrogen-bond acceptors (Lipinski definition) is 14. The fraction of sp³-hybridized carbons (Fsp3) is 0.833. The SMILES string of the molecule is CCOCCOCCOCCOCCCS(=O)(=O)OCC(C)(C)c1cccc(C(C)(C)COS(=O)(=O)CCCOCCOCCOCCOCC)c1.[KH]. The van der Waals surface area contributed by atoms with Crippen molar-refractivity contribution in [1.82, 2.24) is 0 Å². The van der Waals surface area contributed by atoms with Crippen LogP contribution in [0.5, 0.6) is 0 Å². The molecule has 0 fully saturated rings. The molecule has 308 valence electrons. The van der Waals surface area contributed by atoms with Gasteiger partial charge in [0.05, 0.1) is 104 Å². The molecule has 0 aliphatic heterocycles. The van der Waals surface area contributed by atoms with E-state index in [1.807, 2.05) is 65.8 Å². The molecule has 53 heavy (non-hydrogen) atoms. The van der Waals surface area contributed by atoms with E-state index in [9.17, 15) is 16.8 Å². The van der Waals surface area contributed by atoms with Crippen LogP contribution in [0, 0.1) is 0 Å². The van der Waals surface area contributed by atoms with Crippen molar-refractivity contribution < 1.29 is 63.1 Å². The summed E-state index contributed by atoms with van der Waals surface area (Å²) in [5, 5.41) is 0. The quantitative estimate of drug-likeness (QED) is 0.0551. The van der Waals surface area contributed by atoms with Crippen LogP contribution in [-0.4, -0.2) is 199 Å². The van der Waals surface area contributed by atoms with E-state index in [1.54, 1.807) is 0 Å². The molecule has 1 aromatic rings. The van der Waals surface area contributed by atoms with E-state index in [0.717, 1.165) is 11.1 Å². The molecule has 0 unspecified atom stereocenters. The van der Waals surface area contributed by atoms with Crippen LogP contribution in [0.3, 0.4) is 0 Å². The number of ether oxygens (including phenoxy) is 8. The molecule has 1 aromatic carbocycles. The first-order valence-electron chi connectivity index (χ1n) is 18.2. The first-order chi connectivity index (χ1) is 24.7. The second-order valence-corrected chi connectivity index (χ2v) is 16.7. The molecule has 0 atom stereocenters. The predicted octanol–water partition coefficient (Wildman–Crippen LogP) is 3.24. The zero-order valence-electron chi connectivity index (χ0n) is 32.4. The number of hydrogen-bond donors (Lipinski definition) is 0. The van der Waals surface area contributed by atoms with E-state index >= 15 is 0 Å². The van der Waals surface area contributed by atoms with Crippen molar-refractivity contribution in [3.05, 3.63) is 35.4 Å². The fourth-order valence-corrected chi connectivity index (χ4v) is 6.53. The van der Waals surface area contributed by atoms with E-state index in [2.05, 4.69) is 0 Å². The molecule has 1 rings (SSSR count). The molecular formula is C36H67KO14S2. The summed E-state index contributed by atoms with van der Waals surface area (Å²) in [4.78, 5) is 0. The van der Waals surface area contributed by atoms with Crippen molar-refractivity contribution in [3.8, 4) is 0 Å². The Morgan fingerprint density at radius 2 is 0.755 bits per heavy atom. The summed E-state index contributed by atoms with van der Waals surface area (Å²) in [6.45, 7) is 18.8. The van der Waals surface area contributed by atoms with Gasteiger partial charge in [-0.05, 0) is 37.8 Å². The van der Waals surface area contributed by atoms with Gasteiger partial charge in [-0.3, -0.25) is 8.37 Å². The first-order valence-corrected chi connectivity index (χ1v) is 21.4. The third kappa shape index (κ3) is 28.4. The maximum atomic E-state index is 12.6. The third-order valence-electron chi connectivity index (χ3n) is 7.63. The Hall–Kier alpha value is 0.356. The average Bonchev–Trinajstić information content (AvgIpc) is 3.11. The zero-order valence-corrected chi connectivity index (χ0v) is 34.0. The molecule has 0 aliphatic carbocycles. The summed E-state index contributed by atoms with van der Waals surface area (Å²) in [6.07, 6.45) is 0.592. The van der Waals surface area contributed by atoms with E-state index in [-0.39, 0.29) is 89.3 Å². The predicted molar refractivity (Wildman–Crippen MR) is 206 cm³/mol. The molecule has 0 amide bonds. The van der Waals surface area contributed by atoms with Crippen LogP contribution in [0.15, 0.2) is 24.3 Å². The van der Waals surface area contributed by atoms with Gasteiger partial charge in [-0.25, -0.2) is 0 Å². The summed E-state index contributed by atoms with van der Waals surface area (Å²) < 4.78 is 104. The fourth-order valence-electron chi connectivity index (χ4n) is 4.40. The van der Waals surface area contributed by atoms with Gasteiger partial charge in [0.2, 0.25) is 0 Å². The Kier molecular flexibility index (Phi) is 31.6.